The summed E-state index contributed by atoms with van der Waals surface area (Å²) in [5.41, 5.74) is 1.61. The van der Waals surface area contributed by atoms with Gasteiger partial charge in [0.2, 0.25) is 0 Å². The molecule has 2 heteroatoms. The molecule has 0 atom stereocenters. The third-order valence-corrected chi connectivity index (χ3v) is 5.44. The van der Waals surface area contributed by atoms with E-state index in [2.05, 4.69) is 73.1 Å². The van der Waals surface area contributed by atoms with Crippen LogP contribution in [0.4, 0.5) is 0 Å². The average molecular weight is 319 g/mol. The van der Waals surface area contributed by atoms with Crippen molar-refractivity contribution in [2.24, 2.45) is 0 Å². The van der Waals surface area contributed by atoms with Crippen molar-refractivity contribution in [2.45, 2.75) is 26.2 Å². The van der Waals surface area contributed by atoms with Gasteiger partial charge in [-0.25, -0.2) is 0 Å². The molecule has 0 radical (unpaired) electrons. The molecular weight excluding hydrogens is 304 g/mol. The highest BCUT2D eigenvalue weighted by atomic mass is 79.9. The van der Waals surface area contributed by atoms with Crippen molar-refractivity contribution in [3.63, 3.8) is 0 Å². The van der Waals surface area contributed by atoms with Crippen LogP contribution in [-0.2, 0) is 5.41 Å². The minimum Gasteiger partial charge on any atom is -0.134 e. The molecule has 0 saturated heterocycles. The largest absolute Gasteiger partial charge is 0.134 e. The molecule has 2 aromatic carbocycles. The molecular formula is C16H15BrS. The van der Waals surface area contributed by atoms with Crippen LogP contribution in [0.15, 0.2) is 40.9 Å². The fourth-order valence-corrected chi connectivity index (χ4v) is 3.99. The molecule has 0 unspecified atom stereocenters. The van der Waals surface area contributed by atoms with Crippen molar-refractivity contribution in [1.29, 1.82) is 0 Å². The molecule has 0 N–H and O–H groups in total. The number of hydrogen-bond donors (Lipinski definition) is 0. The number of halogens is 1. The lowest BCUT2D eigenvalue weighted by Crippen LogP contribution is -2.10. The van der Waals surface area contributed by atoms with Gasteiger partial charge in [0.1, 0.15) is 0 Å². The molecule has 0 spiro atoms. The van der Waals surface area contributed by atoms with Crippen LogP contribution in [0.1, 0.15) is 26.3 Å². The van der Waals surface area contributed by atoms with E-state index in [0.29, 0.717) is 0 Å². The Balaban J connectivity index is 2.37. The lowest BCUT2D eigenvalue weighted by Gasteiger charge is -2.18. The van der Waals surface area contributed by atoms with Gasteiger partial charge in [-0.15, -0.1) is 11.3 Å². The van der Waals surface area contributed by atoms with Gasteiger partial charge in [0, 0.05) is 24.6 Å². The standard InChI is InChI=1S/C16H15BrS/c1-16(2,3)10-7-8-11-12-5-4-6-13(17)15(12)18-14(11)9-10/h4-9H,1-3H3. The quantitative estimate of drug-likeness (QED) is 0.468. The second kappa shape index (κ2) is 4.07. The van der Waals surface area contributed by atoms with E-state index in [1.54, 1.807) is 0 Å². The first-order valence-electron chi connectivity index (χ1n) is 6.08. The highest BCUT2D eigenvalue weighted by Gasteiger charge is 2.15. The highest BCUT2D eigenvalue weighted by molar-refractivity contribution is 9.10. The SMILES string of the molecule is CC(C)(C)c1ccc2c(c1)sc1c(Br)cccc12. The zero-order chi connectivity index (χ0) is 12.9. The topological polar surface area (TPSA) is 0 Å². The summed E-state index contributed by atoms with van der Waals surface area (Å²) in [6.07, 6.45) is 0. The Bertz CT molecular complexity index is 732. The first kappa shape index (κ1) is 12.2. The van der Waals surface area contributed by atoms with Crippen LogP contribution in [0.3, 0.4) is 0 Å². The van der Waals surface area contributed by atoms with Crippen LogP contribution in [-0.4, -0.2) is 0 Å². The molecule has 0 aliphatic heterocycles. The number of hydrogen-bond acceptors (Lipinski definition) is 1. The van der Waals surface area contributed by atoms with Crippen LogP contribution in [0.5, 0.6) is 0 Å². The van der Waals surface area contributed by atoms with Gasteiger partial charge in [0.25, 0.3) is 0 Å². The first-order chi connectivity index (χ1) is 8.47. The molecule has 0 saturated carbocycles. The first-order valence-corrected chi connectivity index (χ1v) is 7.69. The van der Waals surface area contributed by atoms with Crippen LogP contribution in [0.2, 0.25) is 0 Å². The highest BCUT2D eigenvalue weighted by Crippen LogP contribution is 2.39. The normalized spacial score (nSPS) is 12.4. The predicted octanol–water partition coefficient (Wildman–Crippen LogP) is 6.11. The lowest BCUT2D eigenvalue weighted by atomic mass is 9.87. The van der Waals surface area contributed by atoms with Crippen molar-refractivity contribution < 1.29 is 0 Å². The molecule has 18 heavy (non-hydrogen) atoms. The van der Waals surface area contributed by atoms with Crippen molar-refractivity contribution in [1.82, 2.24) is 0 Å². The molecule has 0 amide bonds. The zero-order valence-electron chi connectivity index (χ0n) is 10.8. The Hall–Kier alpha value is -0.860. The van der Waals surface area contributed by atoms with E-state index in [1.807, 2.05) is 11.3 Å². The fourth-order valence-electron chi connectivity index (χ4n) is 2.23. The number of rotatable bonds is 0. The summed E-state index contributed by atoms with van der Waals surface area (Å²) in [6, 6.07) is 13.3. The minimum absolute atomic E-state index is 0.210. The third kappa shape index (κ3) is 1.88. The van der Waals surface area contributed by atoms with Crippen LogP contribution < -0.4 is 0 Å². The van der Waals surface area contributed by atoms with Crippen LogP contribution in [0.25, 0.3) is 20.2 Å². The Morgan fingerprint density at radius 1 is 1.00 bits per heavy atom. The van der Waals surface area contributed by atoms with Crippen molar-refractivity contribution in [3.8, 4) is 0 Å². The monoisotopic (exact) mass is 318 g/mol. The fraction of sp³-hybridized carbons (Fsp3) is 0.250. The molecule has 0 bridgehead atoms. The molecule has 0 fully saturated rings. The third-order valence-electron chi connectivity index (χ3n) is 3.32. The maximum absolute atomic E-state index is 3.64. The predicted molar refractivity (Wildman–Crippen MR) is 85.7 cm³/mol. The van der Waals surface area contributed by atoms with Gasteiger partial charge < -0.3 is 0 Å². The maximum Gasteiger partial charge on any atom is 0.0497 e. The summed E-state index contributed by atoms with van der Waals surface area (Å²) in [4.78, 5) is 0. The Labute approximate surface area is 120 Å². The number of thiophene rings is 1. The van der Waals surface area contributed by atoms with Gasteiger partial charge in [-0.2, -0.15) is 0 Å². The minimum atomic E-state index is 0.210. The van der Waals surface area contributed by atoms with E-state index in [4.69, 9.17) is 0 Å². The van der Waals surface area contributed by atoms with E-state index in [1.165, 1.54) is 30.2 Å². The van der Waals surface area contributed by atoms with Crippen LogP contribution >= 0.6 is 27.3 Å². The molecule has 1 aromatic heterocycles. The molecule has 1 heterocycles. The van der Waals surface area contributed by atoms with Crippen LogP contribution in [0, 0.1) is 0 Å². The Kier molecular flexibility index (Phi) is 2.76. The summed E-state index contributed by atoms with van der Waals surface area (Å²) in [5, 5.41) is 2.72. The van der Waals surface area contributed by atoms with Gasteiger partial charge in [-0.1, -0.05) is 45.0 Å². The summed E-state index contributed by atoms with van der Waals surface area (Å²) < 4.78 is 3.92. The average Bonchev–Trinajstić information content (AvgIpc) is 2.67. The van der Waals surface area contributed by atoms with Crippen molar-refractivity contribution in [2.75, 3.05) is 0 Å². The van der Waals surface area contributed by atoms with Crippen molar-refractivity contribution >= 4 is 47.4 Å². The molecule has 0 nitrogen and oxygen atoms in total. The molecule has 3 aromatic rings. The molecule has 92 valence electrons. The smallest absolute Gasteiger partial charge is 0.0497 e. The van der Waals surface area contributed by atoms with E-state index in [0.717, 1.165) is 0 Å². The maximum atomic E-state index is 3.64. The van der Waals surface area contributed by atoms with Gasteiger partial charge in [-0.05, 0) is 39.0 Å². The molecule has 0 aliphatic carbocycles. The Morgan fingerprint density at radius 2 is 1.78 bits per heavy atom. The van der Waals surface area contributed by atoms with Gasteiger partial charge in [0.15, 0.2) is 0 Å². The molecule has 3 rings (SSSR count). The number of fused-ring (bicyclic) bond motifs is 3. The van der Waals surface area contributed by atoms with E-state index < -0.39 is 0 Å². The summed E-state index contributed by atoms with van der Waals surface area (Å²) >= 11 is 5.52. The van der Waals surface area contributed by atoms with E-state index in [9.17, 15) is 0 Å². The zero-order valence-corrected chi connectivity index (χ0v) is 13.2. The van der Waals surface area contributed by atoms with Gasteiger partial charge >= 0.3 is 0 Å². The van der Waals surface area contributed by atoms with Gasteiger partial charge in [0.05, 0.1) is 0 Å². The lowest BCUT2D eigenvalue weighted by molar-refractivity contribution is 0.591. The van der Waals surface area contributed by atoms with E-state index in [-0.39, 0.29) is 5.41 Å². The summed E-state index contributed by atoms with van der Waals surface area (Å²) in [7, 11) is 0. The summed E-state index contributed by atoms with van der Waals surface area (Å²) in [6.45, 7) is 6.78. The molecule has 0 aliphatic rings. The van der Waals surface area contributed by atoms with Gasteiger partial charge in [-0.3, -0.25) is 0 Å². The van der Waals surface area contributed by atoms with Crippen molar-refractivity contribution in [3.05, 3.63) is 46.4 Å². The summed E-state index contributed by atoms with van der Waals surface area (Å²) in [5.74, 6) is 0. The number of benzene rings is 2. The second-order valence-corrected chi connectivity index (χ2v) is 7.59. The second-order valence-electron chi connectivity index (χ2n) is 5.68. The Morgan fingerprint density at radius 3 is 2.50 bits per heavy atom. The van der Waals surface area contributed by atoms with E-state index >= 15 is 0 Å².